The van der Waals surface area contributed by atoms with Gasteiger partial charge in [-0.2, -0.15) is 18.3 Å². The molecule has 1 fully saturated rings. The van der Waals surface area contributed by atoms with Gasteiger partial charge >= 0.3 is 6.18 Å². The second-order valence-electron chi connectivity index (χ2n) is 7.51. The van der Waals surface area contributed by atoms with Crippen molar-refractivity contribution in [2.75, 3.05) is 26.2 Å². The minimum atomic E-state index is -4.49. The lowest BCUT2D eigenvalue weighted by molar-refractivity contribution is -0.141. The molecule has 3 aromatic rings. The van der Waals surface area contributed by atoms with E-state index in [2.05, 4.69) is 15.0 Å². The van der Waals surface area contributed by atoms with Crippen LogP contribution >= 0.6 is 0 Å². The fraction of sp³-hybridized carbons (Fsp3) is 0.381. The highest BCUT2D eigenvalue weighted by atomic mass is 19.4. The Morgan fingerprint density at radius 1 is 1.06 bits per heavy atom. The summed E-state index contributed by atoms with van der Waals surface area (Å²) in [5.41, 5.74) is 0.866. The van der Waals surface area contributed by atoms with Gasteiger partial charge in [0, 0.05) is 37.9 Å². The molecule has 1 saturated heterocycles. The van der Waals surface area contributed by atoms with Crippen LogP contribution in [0.25, 0.3) is 5.69 Å². The Kier molecular flexibility index (Phi) is 5.57. The van der Waals surface area contributed by atoms with Gasteiger partial charge in [-0.1, -0.05) is 0 Å². The second kappa shape index (κ2) is 8.18. The Bertz CT molecular complexity index is 1040. The summed E-state index contributed by atoms with van der Waals surface area (Å²) >= 11 is 0. The molecule has 0 unspecified atom stereocenters. The number of carbonyl (C=O) groups excluding carboxylic acids is 1. The molecule has 3 heterocycles. The Labute approximate surface area is 177 Å². The summed E-state index contributed by atoms with van der Waals surface area (Å²) in [4.78, 5) is 21.2. The first-order chi connectivity index (χ1) is 14.7. The van der Waals surface area contributed by atoms with Gasteiger partial charge in [-0.3, -0.25) is 9.69 Å². The lowest BCUT2D eigenvalue weighted by Crippen LogP contribution is -2.48. The van der Waals surface area contributed by atoms with Gasteiger partial charge in [-0.15, -0.1) is 0 Å². The van der Waals surface area contributed by atoms with Gasteiger partial charge in [0.05, 0.1) is 17.9 Å². The Morgan fingerprint density at radius 2 is 1.74 bits per heavy atom. The first kappa shape index (κ1) is 21.1. The van der Waals surface area contributed by atoms with Crippen molar-refractivity contribution < 1.29 is 22.4 Å². The van der Waals surface area contributed by atoms with Crippen LogP contribution in [-0.4, -0.2) is 56.7 Å². The van der Waals surface area contributed by atoms with Crippen LogP contribution in [0.4, 0.5) is 13.2 Å². The zero-order valence-electron chi connectivity index (χ0n) is 17.2. The normalized spacial score (nSPS) is 15.5. The molecule has 1 aromatic carbocycles. The number of aryl methyl sites for hydroxylation is 2. The van der Waals surface area contributed by atoms with Crippen molar-refractivity contribution in [2.24, 2.45) is 0 Å². The lowest BCUT2D eigenvalue weighted by Gasteiger charge is -2.34. The van der Waals surface area contributed by atoms with Crippen molar-refractivity contribution in [3.05, 3.63) is 65.1 Å². The minimum absolute atomic E-state index is 0.106. The van der Waals surface area contributed by atoms with Crippen molar-refractivity contribution in [2.45, 2.75) is 26.6 Å². The first-order valence-electron chi connectivity index (χ1n) is 9.88. The van der Waals surface area contributed by atoms with Crippen molar-refractivity contribution in [1.82, 2.24) is 24.6 Å². The number of carbonyl (C=O) groups is 1. The number of rotatable bonds is 4. The van der Waals surface area contributed by atoms with E-state index >= 15 is 0 Å². The average Bonchev–Trinajstić information content (AvgIpc) is 3.35. The molecule has 1 aliphatic heterocycles. The Balaban J connectivity index is 1.35. The van der Waals surface area contributed by atoms with Crippen LogP contribution in [0, 0.1) is 13.8 Å². The summed E-state index contributed by atoms with van der Waals surface area (Å²) < 4.78 is 44.9. The summed E-state index contributed by atoms with van der Waals surface area (Å²) in [6, 6.07) is 7.31. The van der Waals surface area contributed by atoms with Gasteiger partial charge in [0.2, 0.25) is 5.89 Å². The van der Waals surface area contributed by atoms with Crippen LogP contribution in [0.15, 0.2) is 40.9 Å². The molecular formula is C21H22F3N5O2. The molecule has 2 aromatic heterocycles. The van der Waals surface area contributed by atoms with E-state index < -0.39 is 11.9 Å². The monoisotopic (exact) mass is 433 g/mol. The van der Waals surface area contributed by atoms with E-state index in [-0.39, 0.29) is 5.91 Å². The van der Waals surface area contributed by atoms with E-state index in [9.17, 15) is 18.0 Å². The van der Waals surface area contributed by atoms with E-state index in [1.54, 1.807) is 29.2 Å². The van der Waals surface area contributed by atoms with Crippen LogP contribution in [0.2, 0.25) is 0 Å². The van der Waals surface area contributed by atoms with Gasteiger partial charge in [-0.05, 0) is 44.2 Å². The maximum absolute atomic E-state index is 12.8. The molecular weight excluding hydrogens is 411 g/mol. The fourth-order valence-electron chi connectivity index (χ4n) is 3.47. The van der Waals surface area contributed by atoms with E-state index in [1.807, 2.05) is 13.8 Å². The van der Waals surface area contributed by atoms with Crippen LogP contribution in [0.5, 0.6) is 0 Å². The zero-order valence-corrected chi connectivity index (χ0v) is 17.2. The molecule has 164 valence electrons. The molecule has 0 aliphatic carbocycles. The molecule has 4 rings (SSSR count). The number of aromatic nitrogens is 3. The molecule has 10 heteroatoms. The molecule has 0 spiro atoms. The lowest BCUT2D eigenvalue weighted by atomic mass is 10.1. The van der Waals surface area contributed by atoms with Gasteiger partial charge < -0.3 is 9.32 Å². The maximum Gasteiger partial charge on any atom is 0.435 e. The van der Waals surface area contributed by atoms with Gasteiger partial charge in [0.1, 0.15) is 5.76 Å². The molecule has 0 bridgehead atoms. The van der Waals surface area contributed by atoms with Crippen molar-refractivity contribution >= 4 is 5.91 Å². The molecule has 1 amide bonds. The maximum atomic E-state index is 12.8. The third-order valence-corrected chi connectivity index (χ3v) is 5.35. The van der Waals surface area contributed by atoms with Crippen LogP contribution in [0.3, 0.4) is 0 Å². The largest absolute Gasteiger partial charge is 0.444 e. The van der Waals surface area contributed by atoms with E-state index in [0.29, 0.717) is 49.9 Å². The number of hydrogen-bond donors (Lipinski definition) is 0. The summed E-state index contributed by atoms with van der Waals surface area (Å²) in [5.74, 6) is 1.39. The van der Waals surface area contributed by atoms with Gasteiger partial charge in [0.15, 0.2) is 5.69 Å². The third-order valence-electron chi connectivity index (χ3n) is 5.35. The SMILES string of the molecule is Cc1nc(CN2CCN(C(=O)c3ccc(-n4ccc(C(F)(F)F)n4)cc3)CC2)oc1C. The number of hydrogen-bond acceptors (Lipinski definition) is 5. The summed E-state index contributed by atoms with van der Waals surface area (Å²) in [7, 11) is 0. The van der Waals surface area contributed by atoms with Crippen LogP contribution in [0.1, 0.15) is 33.4 Å². The van der Waals surface area contributed by atoms with Crippen LogP contribution in [-0.2, 0) is 12.7 Å². The number of nitrogens with zero attached hydrogens (tertiary/aromatic N) is 5. The highest BCUT2D eigenvalue weighted by molar-refractivity contribution is 5.94. The van der Waals surface area contributed by atoms with E-state index in [0.717, 1.165) is 22.2 Å². The molecule has 1 aliphatic rings. The number of piperazine rings is 1. The highest BCUT2D eigenvalue weighted by Crippen LogP contribution is 2.28. The zero-order chi connectivity index (χ0) is 22.2. The van der Waals surface area contributed by atoms with Crippen molar-refractivity contribution in [1.29, 1.82) is 0 Å². The van der Waals surface area contributed by atoms with E-state index in [4.69, 9.17) is 4.42 Å². The topological polar surface area (TPSA) is 67.4 Å². The Morgan fingerprint density at radius 3 is 2.29 bits per heavy atom. The highest BCUT2D eigenvalue weighted by Gasteiger charge is 2.33. The summed E-state index contributed by atoms with van der Waals surface area (Å²) in [5, 5.41) is 3.54. The molecule has 0 N–H and O–H groups in total. The van der Waals surface area contributed by atoms with Gasteiger partial charge in [-0.25, -0.2) is 9.67 Å². The number of benzene rings is 1. The summed E-state index contributed by atoms with van der Waals surface area (Å²) in [6.45, 7) is 6.96. The van der Waals surface area contributed by atoms with Crippen LogP contribution < -0.4 is 0 Å². The standard InChI is InChI=1S/C21H22F3N5O2/c1-14-15(2)31-19(25-14)13-27-9-11-28(12-10-27)20(30)16-3-5-17(6-4-16)29-8-7-18(26-29)21(22,23)24/h3-8H,9-13H2,1-2H3. The summed E-state index contributed by atoms with van der Waals surface area (Å²) in [6.07, 6.45) is -3.25. The smallest absolute Gasteiger partial charge is 0.435 e. The minimum Gasteiger partial charge on any atom is -0.444 e. The molecule has 0 saturated carbocycles. The fourth-order valence-corrected chi connectivity index (χ4v) is 3.47. The predicted molar refractivity (Wildman–Crippen MR) is 106 cm³/mol. The first-order valence-corrected chi connectivity index (χ1v) is 9.88. The van der Waals surface area contributed by atoms with Crippen molar-refractivity contribution in [3.8, 4) is 5.69 Å². The van der Waals surface area contributed by atoms with Gasteiger partial charge in [0.25, 0.3) is 5.91 Å². The molecule has 0 atom stereocenters. The molecule has 7 nitrogen and oxygen atoms in total. The Hall–Kier alpha value is -3.14. The number of halogens is 3. The second-order valence-corrected chi connectivity index (χ2v) is 7.51. The predicted octanol–water partition coefficient (Wildman–Crippen LogP) is 3.45. The molecule has 31 heavy (non-hydrogen) atoms. The molecule has 0 radical (unpaired) electrons. The quantitative estimate of drug-likeness (QED) is 0.631. The number of amides is 1. The van der Waals surface area contributed by atoms with Crippen molar-refractivity contribution in [3.63, 3.8) is 0 Å². The number of oxazole rings is 1. The number of alkyl halides is 3. The average molecular weight is 433 g/mol. The third kappa shape index (κ3) is 4.63. The van der Waals surface area contributed by atoms with E-state index in [1.165, 1.54) is 6.20 Å².